The molecule has 1 atom stereocenters. The molecular weight excluding hydrogens is 373 g/mol. The summed E-state index contributed by atoms with van der Waals surface area (Å²) in [5.74, 6) is 0.604. The van der Waals surface area contributed by atoms with Crippen LogP contribution in [0.5, 0.6) is 0 Å². The topological polar surface area (TPSA) is 23.6 Å². The number of halogens is 3. The van der Waals surface area contributed by atoms with Crippen molar-refractivity contribution in [3.8, 4) is 0 Å². The van der Waals surface area contributed by atoms with Crippen LogP contribution >= 0.6 is 11.3 Å². The minimum Gasteiger partial charge on any atom is -0.337 e. The lowest BCUT2D eigenvalue weighted by Gasteiger charge is -2.33. The van der Waals surface area contributed by atoms with Gasteiger partial charge in [-0.1, -0.05) is 20.8 Å². The summed E-state index contributed by atoms with van der Waals surface area (Å²) >= 11 is 1.58. The maximum Gasteiger partial charge on any atom is 0.401 e. The first-order chi connectivity index (χ1) is 12.5. The van der Waals surface area contributed by atoms with Crippen LogP contribution in [0.25, 0.3) is 0 Å². The van der Waals surface area contributed by atoms with Crippen molar-refractivity contribution < 1.29 is 18.0 Å². The molecule has 1 aromatic heterocycles. The average molecular weight is 403 g/mol. The van der Waals surface area contributed by atoms with E-state index in [-0.39, 0.29) is 17.9 Å². The van der Waals surface area contributed by atoms with Crippen LogP contribution in [0.3, 0.4) is 0 Å². The Balaban J connectivity index is 1.64. The van der Waals surface area contributed by atoms with Crippen LogP contribution in [0.1, 0.15) is 53.7 Å². The van der Waals surface area contributed by atoms with Crippen LogP contribution in [0.2, 0.25) is 0 Å². The van der Waals surface area contributed by atoms with Crippen LogP contribution in [-0.2, 0) is 12.8 Å². The Kier molecular flexibility index (Phi) is 5.92. The zero-order valence-electron chi connectivity index (χ0n) is 16.4. The summed E-state index contributed by atoms with van der Waals surface area (Å²) in [7, 11) is 0. The molecule has 1 fully saturated rings. The highest BCUT2D eigenvalue weighted by Gasteiger charge is 2.33. The third-order valence-electron chi connectivity index (χ3n) is 5.80. The second-order valence-electron chi connectivity index (χ2n) is 8.90. The molecular formula is C20H29F3N2OS. The van der Waals surface area contributed by atoms with Crippen LogP contribution in [0.15, 0.2) is 6.07 Å². The highest BCUT2D eigenvalue weighted by molar-refractivity contribution is 7.14. The van der Waals surface area contributed by atoms with Gasteiger partial charge in [-0.2, -0.15) is 13.2 Å². The smallest absolute Gasteiger partial charge is 0.337 e. The Bertz CT molecular complexity index is 678. The van der Waals surface area contributed by atoms with Crippen molar-refractivity contribution >= 4 is 17.2 Å². The maximum atomic E-state index is 12.9. The van der Waals surface area contributed by atoms with Gasteiger partial charge in [-0.3, -0.25) is 9.69 Å². The van der Waals surface area contributed by atoms with E-state index >= 15 is 0 Å². The third kappa shape index (κ3) is 5.25. The Morgan fingerprint density at radius 1 is 1.19 bits per heavy atom. The zero-order chi connectivity index (χ0) is 19.8. The number of hydrogen-bond acceptors (Lipinski definition) is 3. The molecule has 0 saturated carbocycles. The van der Waals surface area contributed by atoms with Gasteiger partial charge < -0.3 is 4.90 Å². The Morgan fingerprint density at radius 2 is 1.93 bits per heavy atom. The molecule has 0 N–H and O–H groups in total. The zero-order valence-corrected chi connectivity index (χ0v) is 17.2. The number of amides is 1. The van der Waals surface area contributed by atoms with Crippen LogP contribution < -0.4 is 0 Å². The highest BCUT2D eigenvalue weighted by Crippen LogP contribution is 2.40. The second-order valence-corrected chi connectivity index (χ2v) is 10.0. The van der Waals surface area contributed by atoms with Gasteiger partial charge in [-0.25, -0.2) is 0 Å². The standard InChI is InChI=1S/C20H29F3N2OS/c1-19(2,3)15-5-6-16-14(11-15)12-17(27-16)18(26)25-8-4-7-24(9-10-25)13-20(21,22)23/h12,15H,4-11,13H2,1-3H3. The van der Waals surface area contributed by atoms with Crippen LogP contribution in [0.4, 0.5) is 13.2 Å². The molecule has 3 nitrogen and oxygen atoms in total. The monoisotopic (exact) mass is 402 g/mol. The lowest BCUT2D eigenvalue weighted by molar-refractivity contribution is -0.145. The van der Waals surface area contributed by atoms with Crippen molar-refractivity contribution in [1.82, 2.24) is 9.80 Å². The van der Waals surface area contributed by atoms with Gasteiger partial charge in [0.15, 0.2) is 0 Å². The van der Waals surface area contributed by atoms with Gasteiger partial charge in [-0.05, 0) is 48.6 Å². The van der Waals surface area contributed by atoms with E-state index in [1.807, 2.05) is 6.07 Å². The van der Waals surface area contributed by atoms with E-state index in [0.29, 0.717) is 32.0 Å². The average Bonchev–Trinajstić information content (AvgIpc) is 2.85. The SMILES string of the molecule is CC(C)(C)C1CCc2sc(C(=O)N3CCCN(CC(F)(F)F)CC3)cc2C1. The Morgan fingerprint density at radius 3 is 2.59 bits per heavy atom. The molecule has 0 radical (unpaired) electrons. The van der Waals surface area contributed by atoms with Crippen LogP contribution in [-0.4, -0.2) is 54.6 Å². The highest BCUT2D eigenvalue weighted by atomic mass is 32.1. The summed E-state index contributed by atoms with van der Waals surface area (Å²) in [4.78, 5) is 18.1. The molecule has 0 aromatic carbocycles. The molecule has 1 aliphatic carbocycles. The lowest BCUT2D eigenvalue weighted by atomic mass is 9.72. The van der Waals surface area contributed by atoms with Gasteiger partial charge in [0, 0.05) is 31.1 Å². The Labute approximate surface area is 163 Å². The van der Waals surface area contributed by atoms with Crippen molar-refractivity contribution in [2.75, 3.05) is 32.7 Å². The molecule has 0 spiro atoms. The van der Waals surface area contributed by atoms with Gasteiger partial charge in [0.1, 0.15) is 0 Å². The van der Waals surface area contributed by atoms with Gasteiger partial charge >= 0.3 is 6.18 Å². The molecule has 1 saturated heterocycles. The summed E-state index contributed by atoms with van der Waals surface area (Å²) in [6.45, 7) is 7.47. The number of fused-ring (bicyclic) bond motifs is 1. The molecule has 0 bridgehead atoms. The molecule has 2 heterocycles. The normalized spacial score (nSPS) is 22.4. The molecule has 1 amide bonds. The van der Waals surface area contributed by atoms with Crippen molar-refractivity contribution in [2.24, 2.45) is 11.3 Å². The Hall–Kier alpha value is -1.08. The maximum absolute atomic E-state index is 12.9. The van der Waals surface area contributed by atoms with Crippen LogP contribution in [0, 0.1) is 11.3 Å². The van der Waals surface area contributed by atoms with E-state index < -0.39 is 12.7 Å². The van der Waals surface area contributed by atoms with E-state index in [2.05, 4.69) is 20.8 Å². The largest absolute Gasteiger partial charge is 0.401 e. The number of carbonyl (C=O) groups excluding carboxylic acids is 1. The first-order valence-electron chi connectivity index (χ1n) is 9.73. The van der Waals surface area contributed by atoms with Crippen molar-refractivity contribution in [3.05, 3.63) is 21.4 Å². The summed E-state index contributed by atoms with van der Waals surface area (Å²) in [5, 5.41) is 0. The summed E-state index contributed by atoms with van der Waals surface area (Å²) in [6.07, 6.45) is -0.411. The number of carbonyl (C=O) groups is 1. The van der Waals surface area contributed by atoms with E-state index in [1.165, 1.54) is 15.3 Å². The predicted octanol–water partition coefficient (Wildman–Crippen LogP) is 4.61. The fourth-order valence-corrected chi connectivity index (χ4v) is 5.29. The first-order valence-corrected chi connectivity index (χ1v) is 10.5. The fourth-order valence-electron chi connectivity index (χ4n) is 4.11. The first kappa shape index (κ1) is 20.6. The minimum absolute atomic E-state index is 0.0180. The summed E-state index contributed by atoms with van der Waals surface area (Å²) < 4.78 is 37.9. The van der Waals surface area contributed by atoms with Gasteiger partial charge in [-0.15, -0.1) is 11.3 Å². The number of aryl methyl sites for hydroxylation is 1. The number of thiophene rings is 1. The molecule has 2 aliphatic rings. The number of nitrogens with zero attached hydrogens (tertiary/aromatic N) is 2. The predicted molar refractivity (Wildman–Crippen MR) is 102 cm³/mol. The number of hydrogen-bond donors (Lipinski definition) is 0. The minimum atomic E-state index is -4.18. The summed E-state index contributed by atoms with van der Waals surface area (Å²) in [6, 6.07) is 2.04. The molecule has 1 aliphatic heterocycles. The van der Waals surface area contributed by atoms with E-state index in [4.69, 9.17) is 0 Å². The molecule has 27 heavy (non-hydrogen) atoms. The van der Waals surface area contributed by atoms with Gasteiger partial charge in [0.25, 0.3) is 5.91 Å². The second kappa shape index (κ2) is 7.74. The quantitative estimate of drug-likeness (QED) is 0.721. The molecule has 1 unspecified atom stereocenters. The molecule has 1 aromatic rings. The van der Waals surface area contributed by atoms with E-state index in [9.17, 15) is 18.0 Å². The van der Waals surface area contributed by atoms with E-state index in [1.54, 1.807) is 16.2 Å². The lowest BCUT2D eigenvalue weighted by Crippen LogP contribution is -2.38. The molecule has 3 rings (SSSR count). The van der Waals surface area contributed by atoms with E-state index in [0.717, 1.165) is 24.1 Å². The van der Waals surface area contributed by atoms with Crippen molar-refractivity contribution in [1.29, 1.82) is 0 Å². The third-order valence-corrected chi connectivity index (χ3v) is 7.02. The van der Waals surface area contributed by atoms with Gasteiger partial charge in [0.2, 0.25) is 0 Å². The molecule has 7 heteroatoms. The summed E-state index contributed by atoms with van der Waals surface area (Å²) in [5.41, 5.74) is 1.55. The fraction of sp³-hybridized carbons (Fsp3) is 0.750. The molecule has 152 valence electrons. The van der Waals surface area contributed by atoms with Crippen molar-refractivity contribution in [2.45, 2.75) is 52.6 Å². The number of alkyl halides is 3. The number of rotatable bonds is 2. The van der Waals surface area contributed by atoms with Gasteiger partial charge in [0.05, 0.1) is 11.4 Å². The van der Waals surface area contributed by atoms with Crippen molar-refractivity contribution in [3.63, 3.8) is 0 Å².